The second-order valence-electron chi connectivity index (χ2n) is 6.55. The molecule has 4 nitrogen and oxygen atoms in total. The van der Waals surface area contributed by atoms with Crippen LogP contribution in [0.1, 0.15) is 37.4 Å². The van der Waals surface area contributed by atoms with Crippen LogP contribution in [0.15, 0.2) is 71.2 Å². The number of aromatic nitrogens is 2. The van der Waals surface area contributed by atoms with Crippen LogP contribution in [-0.2, 0) is 0 Å². The second-order valence-corrected chi connectivity index (χ2v) is 7.12. The summed E-state index contributed by atoms with van der Waals surface area (Å²) in [5.41, 5.74) is 4.46. The number of para-hydroxylation sites is 1. The third-order valence-electron chi connectivity index (χ3n) is 4.68. The fourth-order valence-electron chi connectivity index (χ4n) is 3.20. The first-order chi connectivity index (χ1) is 14.0. The largest absolute Gasteiger partial charge is 0.377 e. The van der Waals surface area contributed by atoms with Gasteiger partial charge in [0.1, 0.15) is 12.1 Å². The van der Waals surface area contributed by atoms with Crippen molar-refractivity contribution in [1.29, 1.82) is 0 Å². The zero-order valence-corrected chi connectivity index (χ0v) is 17.1. The lowest BCUT2D eigenvalue weighted by Gasteiger charge is -2.23. The second kappa shape index (κ2) is 9.43. The number of hydrogen-bond acceptors (Lipinski definition) is 4. The molecule has 1 atom stereocenters. The molecule has 148 valence electrons. The van der Waals surface area contributed by atoms with Crippen LogP contribution in [-0.4, -0.2) is 16.7 Å². The van der Waals surface area contributed by atoms with Gasteiger partial charge in [0.2, 0.25) is 0 Å². The summed E-state index contributed by atoms with van der Waals surface area (Å²) in [5, 5.41) is 3.98. The Hall–Kier alpha value is -3.05. The van der Waals surface area contributed by atoms with E-state index in [2.05, 4.69) is 27.0 Å². The van der Waals surface area contributed by atoms with Crippen LogP contribution in [0.5, 0.6) is 0 Å². The maximum atomic E-state index is 14.8. The molecule has 0 saturated carbocycles. The molecule has 0 saturated heterocycles. The predicted molar refractivity (Wildman–Crippen MR) is 118 cm³/mol. The van der Waals surface area contributed by atoms with Crippen LogP contribution < -0.4 is 5.32 Å². The van der Waals surface area contributed by atoms with E-state index < -0.39 is 0 Å². The van der Waals surface area contributed by atoms with Gasteiger partial charge in [0.15, 0.2) is 0 Å². The van der Waals surface area contributed by atoms with Crippen molar-refractivity contribution in [2.24, 2.45) is 4.99 Å². The number of halogens is 2. The summed E-state index contributed by atoms with van der Waals surface area (Å²) in [7, 11) is 0. The van der Waals surface area contributed by atoms with E-state index in [1.54, 1.807) is 25.4 Å². The van der Waals surface area contributed by atoms with Crippen LogP contribution in [0, 0.1) is 5.82 Å². The standard InChI is InChI=1S/C23H22ClFN4/c1-4-21(29-23(15(2)24)18-7-5-6-8-22(18)26-3)19-11-16(9-10-20(19)25)17-12-27-14-28-13-17/h5-14,21,29H,3-4H2,1-2H3/b23-15-/t21-/m0/s1. The van der Waals surface area contributed by atoms with Crippen molar-refractivity contribution in [3.63, 3.8) is 0 Å². The van der Waals surface area contributed by atoms with Crippen LogP contribution in [0.2, 0.25) is 0 Å². The minimum Gasteiger partial charge on any atom is -0.377 e. The van der Waals surface area contributed by atoms with Crippen molar-refractivity contribution in [1.82, 2.24) is 15.3 Å². The molecule has 0 fully saturated rings. The van der Waals surface area contributed by atoms with Gasteiger partial charge < -0.3 is 5.32 Å². The molecule has 0 aliphatic carbocycles. The van der Waals surface area contributed by atoms with Gasteiger partial charge in [-0.2, -0.15) is 0 Å². The summed E-state index contributed by atoms with van der Waals surface area (Å²) in [6, 6.07) is 12.3. The van der Waals surface area contributed by atoms with Crippen molar-refractivity contribution in [2.75, 3.05) is 0 Å². The SMILES string of the molecule is C=Nc1ccccc1/C(N[C@@H](CC)c1cc(-c2cncnc2)ccc1F)=C(\C)Cl. The van der Waals surface area contributed by atoms with Gasteiger partial charge in [-0.1, -0.05) is 42.8 Å². The summed E-state index contributed by atoms with van der Waals surface area (Å²) in [5.74, 6) is -0.286. The van der Waals surface area contributed by atoms with E-state index in [0.29, 0.717) is 28.4 Å². The molecule has 0 amide bonds. The number of hydrogen-bond donors (Lipinski definition) is 1. The Bertz CT molecular complexity index is 1030. The lowest BCUT2D eigenvalue weighted by molar-refractivity contribution is 0.544. The van der Waals surface area contributed by atoms with E-state index in [1.165, 1.54) is 12.4 Å². The van der Waals surface area contributed by atoms with E-state index >= 15 is 0 Å². The Morgan fingerprint density at radius 3 is 2.55 bits per heavy atom. The summed E-state index contributed by atoms with van der Waals surface area (Å²) in [6.07, 6.45) is 5.54. The highest BCUT2D eigenvalue weighted by atomic mass is 35.5. The third-order valence-corrected chi connectivity index (χ3v) is 4.87. The van der Waals surface area contributed by atoms with E-state index in [4.69, 9.17) is 11.6 Å². The third kappa shape index (κ3) is 4.69. The summed E-state index contributed by atoms with van der Waals surface area (Å²) >= 11 is 6.41. The first kappa shape index (κ1) is 20.7. The first-order valence-corrected chi connectivity index (χ1v) is 9.66. The molecule has 3 aromatic rings. The molecule has 3 rings (SSSR count). The molecule has 29 heavy (non-hydrogen) atoms. The number of allylic oxidation sites excluding steroid dienone is 1. The number of aliphatic imine (C=N–C) groups is 1. The molecule has 2 aromatic carbocycles. The fourth-order valence-corrected chi connectivity index (χ4v) is 3.35. The Labute approximate surface area is 175 Å². The summed E-state index contributed by atoms with van der Waals surface area (Å²) in [6.45, 7) is 7.43. The zero-order chi connectivity index (χ0) is 20.8. The quantitative estimate of drug-likeness (QED) is 0.468. The van der Waals surface area contributed by atoms with Gasteiger partial charge in [-0.05, 0) is 43.8 Å². The minimum absolute atomic E-state index is 0.286. The highest BCUT2D eigenvalue weighted by Crippen LogP contribution is 2.33. The van der Waals surface area contributed by atoms with Gasteiger partial charge in [0, 0.05) is 34.1 Å². The molecule has 0 unspecified atom stereocenters. The van der Waals surface area contributed by atoms with Crippen molar-refractivity contribution in [3.05, 3.63) is 83.2 Å². The first-order valence-electron chi connectivity index (χ1n) is 9.29. The molecule has 0 aliphatic heterocycles. The van der Waals surface area contributed by atoms with Gasteiger partial charge in [0.25, 0.3) is 0 Å². The molecular formula is C23H22ClFN4. The predicted octanol–water partition coefficient (Wildman–Crippen LogP) is 6.28. The van der Waals surface area contributed by atoms with E-state index in [0.717, 1.165) is 16.7 Å². The van der Waals surface area contributed by atoms with Crippen molar-refractivity contribution < 1.29 is 4.39 Å². The van der Waals surface area contributed by atoms with E-state index in [9.17, 15) is 4.39 Å². The topological polar surface area (TPSA) is 50.2 Å². The Balaban J connectivity index is 2.01. The molecule has 1 aromatic heterocycles. The Morgan fingerprint density at radius 1 is 1.17 bits per heavy atom. The van der Waals surface area contributed by atoms with E-state index in [1.807, 2.05) is 37.3 Å². The van der Waals surface area contributed by atoms with Crippen molar-refractivity contribution in [2.45, 2.75) is 26.3 Å². The van der Waals surface area contributed by atoms with Gasteiger partial charge >= 0.3 is 0 Å². The normalized spacial score (nSPS) is 12.8. The maximum absolute atomic E-state index is 14.8. The van der Waals surface area contributed by atoms with Crippen molar-refractivity contribution >= 4 is 29.7 Å². The number of rotatable bonds is 7. The number of nitrogens with zero attached hydrogens (tertiary/aromatic N) is 3. The van der Waals surface area contributed by atoms with Gasteiger partial charge in [-0.15, -0.1) is 0 Å². The Morgan fingerprint density at radius 2 is 1.90 bits per heavy atom. The summed E-state index contributed by atoms with van der Waals surface area (Å²) < 4.78 is 14.8. The molecule has 1 N–H and O–H groups in total. The fraction of sp³-hybridized carbons (Fsp3) is 0.174. The molecular weight excluding hydrogens is 387 g/mol. The Kier molecular flexibility index (Phi) is 6.73. The van der Waals surface area contributed by atoms with Crippen LogP contribution in [0.4, 0.5) is 10.1 Å². The minimum atomic E-state index is -0.291. The monoisotopic (exact) mass is 408 g/mol. The van der Waals surface area contributed by atoms with Gasteiger partial charge in [0.05, 0.1) is 17.4 Å². The van der Waals surface area contributed by atoms with Gasteiger partial charge in [-0.3, -0.25) is 4.99 Å². The molecule has 0 aliphatic rings. The van der Waals surface area contributed by atoms with Crippen LogP contribution in [0.3, 0.4) is 0 Å². The average Bonchev–Trinajstić information content (AvgIpc) is 2.75. The maximum Gasteiger partial charge on any atom is 0.128 e. The molecule has 1 heterocycles. The lowest BCUT2D eigenvalue weighted by atomic mass is 9.97. The molecule has 0 radical (unpaired) electrons. The smallest absolute Gasteiger partial charge is 0.128 e. The highest BCUT2D eigenvalue weighted by Gasteiger charge is 2.19. The number of benzene rings is 2. The van der Waals surface area contributed by atoms with Crippen LogP contribution >= 0.6 is 11.6 Å². The summed E-state index contributed by atoms with van der Waals surface area (Å²) in [4.78, 5) is 12.2. The van der Waals surface area contributed by atoms with Crippen molar-refractivity contribution in [3.8, 4) is 11.1 Å². The zero-order valence-electron chi connectivity index (χ0n) is 16.4. The average molecular weight is 409 g/mol. The van der Waals surface area contributed by atoms with E-state index in [-0.39, 0.29) is 11.9 Å². The highest BCUT2D eigenvalue weighted by molar-refractivity contribution is 6.32. The molecule has 6 heteroatoms. The molecule has 0 spiro atoms. The van der Waals surface area contributed by atoms with Crippen LogP contribution in [0.25, 0.3) is 16.8 Å². The number of nitrogens with one attached hydrogen (secondary N) is 1. The molecule has 0 bridgehead atoms. The lowest BCUT2D eigenvalue weighted by Crippen LogP contribution is -2.21. The van der Waals surface area contributed by atoms with Gasteiger partial charge in [-0.25, -0.2) is 14.4 Å².